The van der Waals surface area contributed by atoms with Crippen LogP contribution in [0, 0.1) is 5.82 Å². The minimum atomic E-state index is -0.653. The fourth-order valence-electron chi connectivity index (χ4n) is 1.36. The zero-order chi connectivity index (χ0) is 11.7. The minimum absolute atomic E-state index is 0.109. The lowest BCUT2D eigenvalue weighted by Gasteiger charge is -2.07. The number of methoxy groups -OCH3 is 1. The second-order valence-electron chi connectivity index (χ2n) is 3.09. The Kier molecular flexibility index (Phi) is 2.40. The molecule has 1 aromatic carbocycles. The van der Waals surface area contributed by atoms with Crippen LogP contribution in [-0.4, -0.2) is 17.4 Å². The molecule has 1 aromatic heterocycles. The van der Waals surface area contributed by atoms with Crippen molar-refractivity contribution in [3.05, 3.63) is 24.0 Å². The van der Waals surface area contributed by atoms with Gasteiger partial charge in [0.1, 0.15) is 5.69 Å². The van der Waals surface area contributed by atoms with Crippen molar-refractivity contribution >= 4 is 5.88 Å². The number of phenols is 1. The maximum atomic E-state index is 13.2. The monoisotopic (exact) mass is 224 g/mol. The Morgan fingerprint density at radius 1 is 1.50 bits per heavy atom. The third-order valence-electron chi connectivity index (χ3n) is 2.09. The van der Waals surface area contributed by atoms with E-state index in [9.17, 15) is 9.50 Å². The number of halogens is 1. The van der Waals surface area contributed by atoms with E-state index >= 15 is 0 Å². The molecule has 0 spiro atoms. The summed E-state index contributed by atoms with van der Waals surface area (Å²) in [6.07, 6.45) is 0. The Labute approximate surface area is 90.2 Å². The van der Waals surface area contributed by atoms with Crippen LogP contribution in [0.25, 0.3) is 11.3 Å². The molecule has 0 amide bonds. The summed E-state index contributed by atoms with van der Waals surface area (Å²) in [6.45, 7) is 0. The highest BCUT2D eigenvalue weighted by Gasteiger charge is 2.16. The van der Waals surface area contributed by atoms with Crippen LogP contribution >= 0.6 is 0 Å². The van der Waals surface area contributed by atoms with E-state index < -0.39 is 5.82 Å². The molecule has 6 heteroatoms. The lowest BCUT2D eigenvalue weighted by atomic mass is 10.1. The molecule has 0 atom stereocenters. The highest BCUT2D eigenvalue weighted by atomic mass is 19.1. The molecule has 0 aliphatic heterocycles. The van der Waals surface area contributed by atoms with E-state index in [2.05, 4.69) is 9.68 Å². The zero-order valence-corrected chi connectivity index (χ0v) is 8.40. The van der Waals surface area contributed by atoms with E-state index in [4.69, 9.17) is 10.5 Å². The predicted octanol–water partition coefficient (Wildman–Crippen LogP) is 1.78. The Morgan fingerprint density at radius 3 is 2.81 bits per heavy atom. The van der Waals surface area contributed by atoms with Crippen molar-refractivity contribution in [1.29, 1.82) is 0 Å². The van der Waals surface area contributed by atoms with Crippen molar-refractivity contribution in [1.82, 2.24) is 5.16 Å². The molecule has 0 saturated carbocycles. The van der Waals surface area contributed by atoms with Crippen molar-refractivity contribution < 1.29 is 18.8 Å². The molecule has 16 heavy (non-hydrogen) atoms. The number of phenolic OH excluding ortho intramolecular Hbond substituents is 1. The Hall–Kier alpha value is -2.24. The summed E-state index contributed by atoms with van der Waals surface area (Å²) in [5.74, 6) is -1.12. The number of hydrogen-bond donors (Lipinski definition) is 2. The van der Waals surface area contributed by atoms with Crippen molar-refractivity contribution in [2.45, 2.75) is 0 Å². The highest BCUT2D eigenvalue weighted by molar-refractivity contribution is 5.71. The number of anilines is 1. The first-order valence-corrected chi connectivity index (χ1v) is 4.41. The van der Waals surface area contributed by atoms with Gasteiger partial charge in [-0.25, -0.2) is 4.39 Å². The number of aromatic nitrogens is 1. The minimum Gasteiger partial charge on any atom is -0.504 e. The smallest absolute Gasteiger partial charge is 0.222 e. The van der Waals surface area contributed by atoms with E-state index in [1.165, 1.54) is 25.3 Å². The van der Waals surface area contributed by atoms with Gasteiger partial charge in [0.25, 0.3) is 0 Å². The second-order valence-corrected chi connectivity index (χ2v) is 3.09. The van der Waals surface area contributed by atoms with Crippen LogP contribution in [0.1, 0.15) is 0 Å². The van der Waals surface area contributed by atoms with Crippen LogP contribution in [0.15, 0.2) is 22.7 Å². The number of nitrogen functional groups attached to an aromatic ring is 1. The fraction of sp³-hybridized carbons (Fsp3) is 0.100. The average Bonchev–Trinajstić information content (AvgIpc) is 2.65. The van der Waals surface area contributed by atoms with Crippen LogP contribution in [0.5, 0.6) is 11.5 Å². The van der Waals surface area contributed by atoms with Crippen LogP contribution in [0.4, 0.5) is 10.3 Å². The summed E-state index contributed by atoms with van der Waals surface area (Å²) >= 11 is 0. The summed E-state index contributed by atoms with van der Waals surface area (Å²) in [5.41, 5.74) is 5.95. The number of hydrogen-bond acceptors (Lipinski definition) is 5. The number of nitrogens with two attached hydrogens (primary N) is 1. The highest BCUT2D eigenvalue weighted by Crippen LogP contribution is 2.38. The van der Waals surface area contributed by atoms with E-state index in [0.29, 0.717) is 11.3 Å². The van der Waals surface area contributed by atoms with Gasteiger partial charge in [-0.2, -0.15) is 0 Å². The van der Waals surface area contributed by atoms with Crippen molar-refractivity contribution in [3.63, 3.8) is 0 Å². The van der Waals surface area contributed by atoms with E-state index in [-0.39, 0.29) is 17.4 Å². The molecule has 2 rings (SSSR count). The Morgan fingerprint density at radius 2 is 2.25 bits per heavy atom. The topological polar surface area (TPSA) is 81.5 Å². The SMILES string of the molecule is COc1c(F)ccc(-c2cc(N)on2)c1O. The first kappa shape index (κ1) is 10.3. The van der Waals surface area contributed by atoms with Crippen LogP contribution in [-0.2, 0) is 0 Å². The molecule has 0 fully saturated rings. The van der Waals surface area contributed by atoms with E-state index in [0.717, 1.165) is 0 Å². The number of nitrogens with zero attached hydrogens (tertiary/aromatic N) is 1. The Balaban J connectivity index is 2.58. The third-order valence-corrected chi connectivity index (χ3v) is 2.09. The van der Waals surface area contributed by atoms with E-state index in [1.54, 1.807) is 0 Å². The summed E-state index contributed by atoms with van der Waals surface area (Å²) in [6, 6.07) is 3.95. The maximum absolute atomic E-state index is 13.2. The molecule has 84 valence electrons. The molecule has 0 unspecified atom stereocenters. The summed E-state index contributed by atoms with van der Waals surface area (Å²) in [7, 11) is 1.26. The number of ether oxygens (including phenoxy) is 1. The molecule has 0 saturated heterocycles. The summed E-state index contributed by atoms with van der Waals surface area (Å²) in [4.78, 5) is 0. The first-order valence-electron chi connectivity index (χ1n) is 4.41. The predicted molar refractivity (Wildman–Crippen MR) is 54.5 cm³/mol. The third kappa shape index (κ3) is 1.54. The van der Waals surface area contributed by atoms with Gasteiger partial charge in [-0.3, -0.25) is 0 Å². The lowest BCUT2D eigenvalue weighted by Crippen LogP contribution is -1.90. The van der Waals surface area contributed by atoms with Gasteiger partial charge >= 0.3 is 0 Å². The molecule has 2 aromatic rings. The zero-order valence-electron chi connectivity index (χ0n) is 8.40. The molecular weight excluding hydrogens is 215 g/mol. The molecule has 0 bridgehead atoms. The standard InChI is InChI=1S/C10H9FN2O3/c1-15-10-6(11)3-2-5(9(10)14)7-4-8(12)16-13-7/h2-4,14H,12H2,1H3. The van der Waals surface area contributed by atoms with Crippen LogP contribution in [0.2, 0.25) is 0 Å². The summed E-state index contributed by atoms with van der Waals surface area (Å²) < 4.78 is 22.6. The average molecular weight is 224 g/mol. The van der Waals surface area contributed by atoms with Gasteiger partial charge in [0.15, 0.2) is 17.3 Å². The van der Waals surface area contributed by atoms with Crippen LogP contribution in [0.3, 0.4) is 0 Å². The van der Waals surface area contributed by atoms with Gasteiger partial charge in [0, 0.05) is 11.6 Å². The molecule has 0 radical (unpaired) electrons. The van der Waals surface area contributed by atoms with Crippen molar-refractivity contribution in [3.8, 4) is 22.8 Å². The first-order chi connectivity index (χ1) is 7.63. The van der Waals surface area contributed by atoms with Gasteiger partial charge in [0.2, 0.25) is 5.88 Å². The Bertz CT molecular complexity index is 525. The second kappa shape index (κ2) is 3.73. The van der Waals surface area contributed by atoms with Crippen LogP contribution < -0.4 is 10.5 Å². The maximum Gasteiger partial charge on any atom is 0.222 e. The lowest BCUT2D eigenvalue weighted by molar-refractivity contribution is 0.352. The fourth-order valence-corrected chi connectivity index (χ4v) is 1.36. The molecule has 3 N–H and O–H groups in total. The molecule has 0 aliphatic rings. The normalized spacial score (nSPS) is 10.4. The van der Waals surface area contributed by atoms with Gasteiger partial charge < -0.3 is 20.1 Å². The van der Waals surface area contributed by atoms with E-state index in [1.807, 2.05) is 0 Å². The molecule has 0 aliphatic carbocycles. The molecular formula is C10H9FN2O3. The number of aromatic hydroxyl groups is 1. The number of benzene rings is 1. The quantitative estimate of drug-likeness (QED) is 0.812. The van der Waals surface area contributed by atoms with Gasteiger partial charge in [-0.1, -0.05) is 5.16 Å². The van der Waals surface area contributed by atoms with Crippen molar-refractivity contribution in [2.75, 3.05) is 12.8 Å². The molecule has 1 heterocycles. The van der Waals surface area contributed by atoms with Gasteiger partial charge in [-0.05, 0) is 12.1 Å². The molecule has 5 nitrogen and oxygen atoms in total. The van der Waals surface area contributed by atoms with Crippen molar-refractivity contribution in [2.24, 2.45) is 0 Å². The summed E-state index contributed by atoms with van der Waals surface area (Å²) in [5, 5.41) is 13.4. The van der Waals surface area contributed by atoms with Gasteiger partial charge in [0.05, 0.1) is 7.11 Å². The van der Waals surface area contributed by atoms with Gasteiger partial charge in [-0.15, -0.1) is 0 Å². The number of rotatable bonds is 2. The largest absolute Gasteiger partial charge is 0.504 e.